The molecular weight excluding hydrogens is 406 g/mol. The Labute approximate surface area is 186 Å². The smallest absolute Gasteiger partial charge is 0.309 e. The van der Waals surface area contributed by atoms with Crippen molar-refractivity contribution in [2.24, 2.45) is 5.92 Å². The van der Waals surface area contributed by atoms with Gasteiger partial charge in [-0.3, -0.25) is 14.4 Å². The van der Waals surface area contributed by atoms with Crippen LogP contribution < -0.4 is 10.6 Å². The van der Waals surface area contributed by atoms with E-state index in [4.69, 9.17) is 4.42 Å². The van der Waals surface area contributed by atoms with Gasteiger partial charge in [0.2, 0.25) is 0 Å². The van der Waals surface area contributed by atoms with Crippen LogP contribution in [0.25, 0.3) is 11.0 Å². The first-order valence-corrected chi connectivity index (χ1v) is 11.0. The number of fused-ring (bicyclic) bond motifs is 1. The summed E-state index contributed by atoms with van der Waals surface area (Å²) < 4.78 is 5.68. The molecule has 0 radical (unpaired) electrons. The third kappa shape index (κ3) is 5.35. The summed E-state index contributed by atoms with van der Waals surface area (Å²) in [6.45, 7) is 2.04. The van der Waals surface area contributed by atoms with Crippen LogP contribution in [0.15, 0.2) is 65.1 Å². The van der Waals surface area contributed by atoms with Gasteiger partial charge in [-0.25, -0.2) is 0 Å². The van der Waals surface area contributed by atoms with Gasteiger partial charge in [-0.15, -0.1) is 0 Å². The standard InChI is InChI=1S/C25H27N3O4/c29-23(26-13-10-18-6-2-1-3-7-18)24(30)27-17-19-11-14-28(15-12-19)25(31)22-16-20-8-4-5-9-21(20)32-22/h1-9,16,19H,10-15,17H2,(H,26,29)(H,27,30). The van der Waals surface area contributed by atoms with Gasteiger partial charge in [-0.05, 0) is 42.9 Å². The molecule has 1 aliphatic rings. The molecule has 3 amide bonds. The van der Waals surface area contributed by atoms with Crippen molar-refractivity contribution in [2.75, 3.05) is 26.2 Å². The molecule has 7 nitrogen and oxygen atoms in total. The largest absolute Gasteiger partial charge is 0.451 e. The van der Waals surface area contributed by atoms with Crippen LogP contribution in [0.1, 0.15) is 29.0 Å². The van der Waals surface area contributed by atoms with Crippen LogP contribution >= 0.6 is 0 Å². The first kappa shape index (κ1) is 21.6. The van der Waals surface area contributed by atoms with Crippen LogP contribution in [-0.2, 0) is 16.0 Å². The number of benzene rings is 2. The molecule has 1 fully saturated rings. The van der Waals surface area contributed by atoms with Crippen molar-refractivity contribution in [3.63, 3.8) is 0 Å². The fraction of sp³-hybridized carbons (Fsp3) is 0.320. The number of piperidine rings is 1. The summed E-state index contributed by atoms with van der Waals surface area (Å²) in [5.41, 5.74) is 1.81. The normalized spacial score (nSPS) is 14.3. The second-order valence-electron chi connectivity index (χ2n) is 8.09. The molecule has 2 aromatic carbocycles. The summed E-state index contributed by atoms with van der Waals surface area (Å²) in [7, 11) is 0. The zero-order chi connectivity index (χ0) is 22.3. The molecule has 1 aliphatic heterocycles. The van der Waals surface area contributed by atoms with E-state index in [1.807, 2.05) is 54.6 Å². The van der Waals surface area contributed by atoms with E-state index >= 15 is 0 Å². The number of nitrogens with one attached hydrogen (secondary N) is 2. The highest BCUT2D eigenvalue weighted by Crippen LogP contribution is 2.23. The van der Waals surface area contributed by atoms with E-state index in [1.54, 1.807) is 11.0 Å². The predicted octanol–water partition coefficient (Wildman–Crippen LogP) is 2.76. The lowest BCUT2D eigenvalue weighted by Gasteiger charge is -2.31. The van der Waals surface area contributed by atoms with E-state index in [2.05, 4.69) is 10.6 Å². The van der Waals surface area contributed by atoms with E-state index in [0.29, 0.717) is 43.9 Å². The summed E-state index contributed by atoms with van der Waals surface area (Å²) in [5, 5.41) is 6.29. The van der Waals surface area contributed by atoms with Crippen molar-refractivity contribution >= 4 is 28.7 Å². The van der Waals surface area contributed by atoms with E-state index in [0.717, 1.165) is 23.8 Å². The van der Waals surface area contributed by atoms with Crippen molar-refractivity contribution in [3.8, 4) is 0 Å². The SMILES string of the molecule is O=C(NCCc1ccccc1)C(=O)NCC1CCN(C(=O)c2cc3ccccc3o2)CC1. The number of carbonyl (C=O) groups excluding carboxylic acids is 3. The van der Waals surface area contributed by atoms with E-state index in [-0.39, 0.29) is 11.8 Å². The van der Waals surface area contributed by atoms with Gasteiger partial charge in [0, 0.05) is 31.6 Å². The predicted molar refractivity (Wildman–Crippen MR) is 121 cm³/mol. The zero-order valence-corrected chi connectivity index (χ0v) is 17.9. The lowest BCUT2D eigenvalue weighted by Crippen LogP contribution is -2.45. The fourth-order valence-corrected chi connectivity index (χ4v) is 3.95. The highest BCUT2D eigenvalue weighted by molar-refractivity contribution is 6.35. The van der Waals surface area contributed by atoms with Gasteiger partial charge in [0.05, 0.1) is 0 Å². The maximum Gasteiger partial charge on any atom is 0.309 e. The number of amides is 3. The van der Waals surface area contributed by atoms with Crippen LogP contribution in [0.2, 0.25) is 0 Å². The molecule has 7 heteroatoms. The van der Waals surface area contributed by atoms with Crippen molar-refractivity contribution in [1.29, 1.82) is 0 Å². The summed E-state index contributed by atoms with van der Waals surface area (Å²) in [5.74, 6) is -0.750. The van der Waals surface area contributed by atoms with Crippen LogP contribution in [0.3, 0.4) is 0 Å². The number of carbonyl (C=O) groups is 3. The molecule has 3 aromatic rings. The minimum absolute atomic E-state index is 0.110. The van der Waals surface area contributed by atoms with Crippen LogP contribution in [0.5, 0.6) is 0 Å². The number of furan rings is 1. The number of hydrogen-bond acceptors (Lipinski definition) is 4. The van der Waals surface area contributed by atoms with Crippen molar-refractivity contribution in [3.05, 3.63) is 72.0 Å². The Hall–Kier alpha value is -3.61. The molecule has 166 valence electrons. The topological polar surface area (TPSA) is 91.7 Å². The van der Waals surface area contributed by atoms with Crippen LogP contribution in [0, 0.1) is 5.92 Å². The number of hydrogen-bond donors (Lipinski definition) is 2. The molecule has 0 bridgehead atoms. The lowest BCUT2D eigenvalue weighted by molar-refractivity contribution is -0.139. The number of likely N-dealkylation sites (tertiary alicyclic amines) is 1. The van der Waals surface area contributed by atoms with Gasteiger partial charge < -0.3 is 20.0 Å². The first-order valence-electron chi connectivity index (χ1n) is 11.0. The molecule has 0 saturated carbocycles. The van der Waals surface area contributed by atoms with E-state index < -0.39 is 11.8 Å². The Kier molecular flexibility index (Phi) is 6.84. The summed E-state index contributed by atoms with van der Waals surface area (Å²) in [6, 6.07) is 19.1. The van der Waals surface area contributed by atoms with Gasteiger partial charge in [-0.2, -0.15) is 0 Å². The third-order valence-electron chi connectivity index (χ3n) is 5.84. The van der Waals surface area contributed by atoms with Crippen LogP contribution in [-0.4, -0.2) is 48.8 Å². The maximum atomic E-state index is 12.7. The number of para-hydroxylation sites is 1. The molecule has 0 spiro atoms. The molecule has 1 saturated heterocycles. The van der Waals surface area contributed by atoms with Crippen molar-refractivity contribution in [1.82, 2.24) is 15.5 Å². The van der Waals surface area contributed by atoms with Gasteiger partial charge in [-0.1, -0.05) is 48.5 Å². The highest BCUT2D eigenvalue weighted by atomic mass is 16.3. The average Bonchev–Trinajstić information content (AvgIpc) is 3.27. The molecule has 2 heterocycles. The van der Waals surface area contributed by atoms with E-state index in [1.165, 1.54) is 0 Å². The fourth-order valence-electron chi connectivity index (χ4n) is 3.95. The summed E-state index contributed by atoms with van der Waals surface area (Å²) in [4.78, 5) is 38.6. The Balaban J connectivity index is 1.17. The van der Waals surface area contributed by atoms with E-state index in [9.17, 15) is 14.4 Å². The van der Waals surface area contributed by atoms with Crippen molar-refractivity contribution < 1.29 is 18.8 Å². The van der Waals surface area contributed by atoms with Gasteiger partial charge in [0.1, 0.15) is 5.58 Å². The Morgan fingerprint density at radius 3 is 2.34 bits per heavy atom. The quantitative estimate of drug-likeness (QED) is 0.585. The first-order chi connectivity index (χ1) is 15.6. The average molecular weight is 434 g/mol. The Morgan fingerprint density at radius 2 is 1.59 bits per heavy atom. The molecule has 0 unspecified atom stereocenters. The minimum atomic E-state index is -0.613. The lowest BCUT2D eigenvalue weighted by atomic mass is 9.96. The molecule has 0 atom stereocenters. The second-order valence-corrected chi connectivity index (χ2v) is 8.09. The molecule has 2 N–H and O–H groups in total. The summed E-state index contributed by atoms with van der Waals surface area (Å²) in [6.07, 6.45) is 2.21. The maximum absolute atomic E-state index is 12.7. The number of rotatable bonds is 6. The second kappa shape index (κ2) is 10.1. The zero-order valence-electron chi connectivity index (χ0n) is 17.9. The summed E-state index contributed by atoms with van der Waals surface area (Å²) >= 11 is 0. The molecule has 32 heavy (non-hydrogen) atoms. The molecule has 0 aliphatic carbocycles. The molecular formula is C25H27N3O4. The van der Waals surface area contributed by atoms with Crippen LogP contribution in [0.4, 0.5) is 0 Å². The van der Waals surface area contributed by atoms with Gasteiger partial charge >= 0.3 is 11.8 Å². The number of nitrogens with zero attached hydrogens (tertiary/aromatic N) is 1. The minimum Gasteiger partial charge on any atom is -0.451 e. The highest BCUT2D eigenvalue weighted by Gasteiger charge is 2.26. The third-order valence-corrected chi connectivity index (χ3v) is 5.84. The van der Waals surface area contributed by atoms with Crippen molar-refractivity contribution in [2.45, 2.75) is 19.3 Å². The Bertz CT molecular complexity index is 1050. The van der Waals surface area contributed by atoms with Gasteiger partial charge in [0.25, 0.3) is 5.91 Å². The molecule has 4 rings (SSSR count). The molecule has 1 aromatic heterocycles. The van der Waals surface area contributed by atoms with Gasteiger partial charge in [0.15, 0.2) is 5.76 Å². The monoisotopic (exact) mass is 433 g/mol. The Morgan fingerprint density at radius 1 is 0.906 bits per heavy atom.